The maximum Gasteiger partial charge on any atom is 0.408 e. The number of hydrogen-bond acceptors (Lipinski definition) is 5. The summed E-state index contributed by atoms with van der Waals surface area (Å²) in [7, 11) is 0. The van der Waals surface area contributed by atoms with E-state index in [1.54, 1.807) is 0 Å². The number of nitrogens with one attached hydrogen (secondary N) is 1. The van der Waals surface area contributed by atoms with Gasteiger partial charge < -0.3 is 19.9 Å². The zero-order valence-corrected chi connectivity index (χ0v) is 10.5. The lowest BCUT2D eigenvalue weighted by Gasteiger charge is -2.23. The molecule has 0 spiro atoms. The second kappa shape index (κ2) is 5.27. The van der Waals surface area contributed by atoms with Gasteiger partial charge in [0, 0.05) is 0 Å². The molecule has 2 atom stereocenters. The van der Waals surface area contributed by atoms with Crippen molar-refractivity contribution in [3.8, 4) is 0 Å². The maximum absolute atomic E-state index is 11.6. The zero-order valence-electron chi connectivity index (χ0n) is 10.5. The molecule has 0 unspecified atom stereocenters. The predicted molar refractivity (Wildman–Crippen MR) is 65.1 cm³/mol. The lowest BCUT2D eigenvalue weighted by atomic mass is 9.98. The van der Waals surface area contributed by atoms with Gasteiger partial charge in [-0.25, -0.2) is 9.59 Å². The number of aliphatic hydroxyl groups is 1. The Kier molecular flexibility index (Phi) is 3.71. The second-order valence-corrected chi connectivity index (χ2v) is 4.50. The number of alkyl carbamates (subject to hydrolysis) is 1. The maximum atomic E-state index is 11.6. The molecule has 0 aliphatic carbocycles. The molecule has 0 bridgehead atoms. The van der Waals surface area contributed by atoms with Crippen LogP contribution >= 0.6 is 0 Å². The first-order valence-electron chi connectivity index (χ1n) is 5.86. The van der Waals surface area contributed by atoms with Crippen LogP contribution < -0.4 is 5.32 Å². The third-order valence-electron chi connectivity index (χ3n) is 3.04. The van der Waals surface area contributed by atoms with Crippen molar-refractivity contribution in [1.29, 1.82) is 0 Å². The van der Waals surface area contributed by atoms with Gasteiger partial charge >= 0.3 is 12.1 Å². The zero-order chi connectivity index (χ0) is 13.9. The Bertz CT molecular complexity index is 475. The normalized spacial score (nSPS) is 25.8. The first kappa shape index (κ1) is 13.4. The van der Waals surface area contributed by atoms with E-state index in [2.05, 4.69) is 10.1 Å². The third kappa shape index (κ3) is 2.85. The third-order valence-corrected chi connectivity index (χ3v) is 3.04. The van der Waals surface area contributed by atoms with Crippen LogP contribution in [-0.2, 0) is 20.9 Å². The number of aliphatic hydroxyl groups excluding tert-OH is 1. The molecule has 6 heteroatoms. The number of amides is 1. The van der Waals surface area contributed by atoms with Crippen LogP contribution in [0.15, 0.2) is 30.3 Å². The number of carbonyl (C=O) groups excluding carboxylic acids is 2. The Morgan fingerprint density at radius 3 is 2.79 bits per heavy atom. The van der Waals surface area contributed by atoms with Crippen LogP contribution in [0.5, 0.6) is 0 Å². The van der Waals surface area contributed by atoms with E-state index in [9.17, 15) is 14.7 Å². The lowest BCUT2D eigenvalue weighted by molar-refractivity contribution is -0.143. The highest BCUT2D eigenvalue weighted by molar-refractivity contribution is 5.87. The van der Waals surface area contributed by atoms with Crippen LogP contribution in [-0.4, -0.2) is 35.4 Å². The van der Waals surface area contributed by atoms with Gasteiger partial charge in [-0.15, -0.1) is 0 Å². The highest BCUT2D eigenvalue weighted by atomic mass is 16.6. The van der Waals surface area contributed by atoms with E-state index in [0.29, 0.717) is 0 Å². The van der Waals surface area contributed by atoms with Crippen molar-refractivity contribution in [2.24, 2.45) is 0 Å². The van der Waals surface area contributed by atoms with Crippen molar-refractivity contribution < 1.29 is 24.2 Å². The summed E-state index contributed by atoms with van der Waals surface area (Å²) in [5, 5.41) is 12.0. The van der Waals surface area contributed by atoms with Crippen LogP contribution in [0.4, 0.5) is 4.79 Å². The summed E-state index contributed by atoms with van der Waals surface area (Å²) < 4.78 is 9.67. The van der Waals surface area contributed by atoms with Crippen LogP contribution in [0.25, 0.3) is 0 Å². The fraction of sp³-hybridized carbons (Fsp3) is 0.385. The van der Waals surface area contributed by atoms with E-state index >= 15 is 0 Å². The average Bonchev–Trinajstić information content (AvgIpc) is 2.65. The van der Waals surface area contributed by atoms with Crippen molar-refractivity contribution in [3.05, 3.63) is 35.9 Å². The minimum Gasteiger partial charge on any atom is -0.461 e. The molecule has 1 fully saturated rings. The lowest BCUT2D eigenvalue weighted by Crippen LogP contribution is -2.56. The van der Waals surface area contributed by atoms with Crippen LogP contribution in [0.2, 0.25) is 0 Å². The van der Waals surface area contributed by atoms with E-state index in [1.807, 2.05) is 30.3 Å². The van der Waals surface area contributed by atoms with Gasteiger partial charge in [0.2, 0.25) is 0 Å². The Labute approximate surface area is 110 Å². The van der Waals surface area contributed by atoms with E-state index in [0.717, 1.165) is 5.56 Å². The van der Waals surface area contributed by atoms with Crippen molar-refractivity contribution >= 4 is 12.1 Å². The quantitative estimate of drug-likeness (QED) is 0.781. The fourth-order valence-electron chi connectivity index (χ4n) is 1.71. The van der Waals surface area contributed by atoms with Gasteiger partial charge in [0.05, 0.1) is 0 Å². The van der Waals surface area contributed by atoms with Gasteiger partial charge in [-0.05, 0) is 12.5 Å². The molecule has 0 saturated carbocycles. The number of rotatable bonds is 3. The summed E-state index contributed by atoms with van der Waals surface area (Å²) in [4.78, 5) is 23.1. The highest BCUT2D eigenvalue weighted by Crippen LogP contribution is 2.20. The minimum absolute atomic E-state index is 0.0912. The van der Waals surface area contributed by atoms with Crippen molar-refractivity contribution in [2.75, 3.05) is 6.61 Å². The van der Waals surface area contributed by atoms with Crippen LogP contribution in [0.1, 0.15) is 12.5 Å². The minimum atomic E-state index is -1.45. The molecule has 1 aliphatic heterocycles. The molecule has 6 nitrogen and oxygen atoms in total. The molecule has 2 N–H and O–H groups in total. The van der Waals surface area contributed by atoms with Crippen LogP contribution in [0, 0.1) is 0 Å². The van der Waals surface area contributed by atoms with Gasteiger partial charge in [0.1, 0.15) is 19.3 Å². The average molecular weight is 265 g/mol. The van der Waals surface area contributed by atoms with E-state index in [1.165, 1.54) is 6.92 Å². The van der Waals surface area contributed by atoms with Gasteiger partial charge in [-0.2, -0.15) is 0 Å². The molecular weight excluding hydrogens is 250 g/mol. The smallest absolute Gasteiger partial charge is 0.408 e. The summed E-state index contributed by atoms with van der Waals surface area (Å²) in [5.41, 5.74) is -0.620. The molecule has 102 valence electrons. The number of hydrogen-bond donors (Lipinski definition) is 2. The molecule has 0 radical (unpaired) electrons. The number of esters is 1. The second-order valence-electron chi connectivity index (χ2n) is 4.50. The van der Waals surface area contributed by atoms with Crippen LogP contribution in [0.3, 0.4) is 0 Å². The molecular formula is C13H15NO5. The van der Waals surface area contributed by atoms with Gasteiger partial charge in [0.15, 0.2) is 5.54 Å². The van der Waals surface area contributed by atoms with Gasteiger partial charge in [-0.3, -0.25) is 0 Å². The summed E-state index contributed by atoms with van der Waals surface area (Å²) in [6.45, 7) is 1.36. The van der Waals surface area contributed by atoms with Gasteiger partial charge in [0.25, 0.3) is 0 Å². The topological polar surface area (TPSA) is 84.9 Å². The Hall–Kier alpha value is -2.08. The van der Waals surface area contributed by atoms with E-state index in [4.69, 9.17) is 4.74 Å². The predicted octanol–water partition coefficient (Wildman–Crippen LogP) is 0.589. The molecule has 1 aromatic rings. The van der Waals surface area contributed by atoms with Crippen molar-refractivity contribution in [1.82, 2.24) is 5.32 Å². The summed E-state index contributed by atoms with van der Waals surface area (Å²) >= 11 is 0. The number of benzene rings is 1. The molecule has 1 aromatic carbocycles. The summed E-state index contributed by atoms with van der Waals surface area (Å²) in [5.74, 6) is -0.670. The van der Waals surface area contributed by atoms with Crippen molar-refractivity contribution in [2.45, 2.75) is 25.2 Å². The molecule has 0 aromatic heterocycles. The summed E-state index contributed by atoms with van der Waals surface area (Å²) in [6, 6.07) is 9.14. The number of cyclic esters (lactones) is 1. The van der Waals surface area contributed by atoms with Crippen molar-refractivity contribution in [3.63, 3.8) is 0 Å². The molecule has 2 rings (SSSR count). The molecule has 1 amide bonds. The van der Waals surface area contributed by atoms with Gasteiger partial charge in [-0.1, -0.05) is 30.3 Å². The highest BCUT2D eigenvalue weighted by Gasteiger charge is 2.49. The van der Waals surface area contributed by atoms with E-state index in [-0.39, 0.29) is 13.2 Å². The Morgan fingerprint density at radius 1 is 1.53 bits per heavy atom. The molecule has 19 heavy (non-hydrogen) atoms. The van der Waals surface area contributed by atoms with E-state index < -0.39 is 23.7 Å². The molecule has 1 heterocycles. The SMILES string of the molecule is C[C@@]1(NC(=O)OCc2ccccc2)C(=O)OC[C@H]1O. The monoisotopic (exact) mass is 265 g/mol. The molecule has 1 saturated heterocycles. The number of ether oxygens (including phenoxy) is 2. The Morgan fingerprint density at radius 2 is 2.21 bits per heavy atom. The largest absolute Gasteiger partial charge is 0.461 e. The molecule has 1 aliphatic rings. The first-order valence-corrected chi connectivity index (χ1v) is 5.86. The number of carbonyl (C=O) groups is 2. The first-order chi connectivity index (χ1) is 9.02. The fourth-order valence-corrected chi connectivity index (χ4v) is 1.71. The summed E-state index contributed by atoms with van der Waals surface area (Å²) in [6.07, 6.45) is -1.85. The standard InChI is InChI=1S/C13H15NO5/c1-13(10(15)8-18-11(13)16)14-12(17)19-7-9-5-3-2-4-6-9/h2-6,10,15H,7-8H2,1H3,(H,14,17)/t10-,13+/m1/s1. The Balaban J connectivity index is 1.89.